The lowest BCUT2D eigenvalue weighted by molar-refractivity contribution is 0.208. The van der Waals surface area contributed by atoms with Gasteiger partial charge in [-0.05, 0) is 67.3 Å². The second-order valence-corrected chi connectivity index (χ2v) is 6.57. The van der Waals surface area contributed by atoms with Crippen molar-refractivity contribution < 1.29 is 0 Å². The molecular formula is C14H20BrN5. The lowest BCUT2D eigenvalue weighted by atomic mass is 9.94. The van der Waals surface area contributed by atoms with Crippen LogP contribution < -0.4 is 5.73 Å². The van der Waals surface area contributed by atoms with Crippen molar-refractivity contribution in [1.29, 1.82) is 0 Å². The Labute approximate surface area is 127 Å². The Balaban J connectivity index is 1.72. The predicted octanol–water partition coefficient (Wildman–Crippen LogP) is 2.51. The van der Waals surface area contributed by atoms with E-state index in [0.29, 0.717) is 5.95 Å². The molecule has 0 saturated carbocycles. The Kier molecular flexibility index (Phi) is 3.94. The molecule has 20 heavy (non-hydrogen) atoms. The molecule has 0 amide bonds. The maximum Gasteiger partial charge on any atom is 0.202 e. The van der Waals surface area contributed by atoms with Crippen molar-refractivity contribution in [2.45, 2.75) is 25.8 Å². The number of hydrogen-bond acceptors (Lipinski definition) is 4. The minimum atomic E-state index is 0.568. The molecule has 1 saturated heterocycles. The third kappa shape index (κ3) is 2.81. The standard InChI is InChI=1S/C14H20BrN5/c1-19-5-2-10(3-6-19)4-7-20-13-12(18-14(20)16)8-11(15)9-17-13/h8-10H,2-7H2,1H3,(H2,16,18). The number of aryl methyl sites for hydroxylation is 1. The molecule has 0 radical (unpaired) electrons. The number of aromatic nitrogens is 3. The smallest absolute Gasteiger partial charge is 0.202 e. The molecule has 0 unspecified atom stereocenters. The molecule has 108 valence electrons. The molecule has 2 aromatic rings. The van der Waals surface area contributed by atoms with Crippen LogP contribution in [0.1, 0.15) is 19.3 Å². The lowest BCUT2D eigenvalue weighted by Crippen LogP contribution is -2.30. The fraction of sp³-hybridized carbons (Fsp3) is 0.571. The highest BCUT2D eigenvalue weighted by Gasteiger charge is 2.18. The Hall–Kier alpha value is -1.14. The number of halogens is 1. The van der Waals surface area contributed by atoms with Gasteiger partial charge in [0, 0.05) is 17.2 Å². The number of piperidine rings is 1. The molecule has 0 aromatic carbocycles. The van der Waals surface area contributed by atoms with Gasteiger partial charge in [-0.3, -0.25) is 4.57 Å². The maximum atomic E-state index is 6.03. The molecule has 1 aliphatic heterocycles. The van der Waals surface area contributed by atoms with E-state index in [4.69, 9.17) is 5.73 Å². The summed E-state index contributed by atoms with van der Waals surface area (Å²) in [4.78, 5) is 11.2. The third-order valence-corrected chi connectivity index (χ3v) is 4.61. The molecule has 0 aliphatic carbocycles. The summed E-state index contributed by atoms with van der Waals surface area (Å²) in [5, 5.41) is 0. The third-order valence-electron chi connectivity index (χ3n) is 4.18. The number of pyridine rings is 1. The minimum absolute atomic E-state index is 0.568. The van der Waals surface area contributed by atoms with Crippen LogP contribution in [0.3, 0.4) is 0 Å². The highest BCUT2D eigenvalue weighted by molar-refractivity contribution is 9.10. The summed E-state index contributed by atoms with van der Waals surface area (Å²) in [5.41, 5.74) is 7.78. The molecule has 0 atom stereocenters. The van der Waals surface area contributed by atoms with Gasteiger partial charge in [0.2, 0.25) is 5.95 Å². The van der Waals surface area contributed by atoms with E-state index in [1.54, 1.807) is 6.20 Å². The number of anilines is 1. The first-order valence-electron chi connectivity index (χ1n) is 7.09. The molecule has 5 nitrogen and oxygen atoms in total. The molecule has 0 spiro atoms. The van der Waals surface area contributed by atoms with Crippen molar-refractivity contribution in [3.63, 3.8) is 0 Å². The van der Waals surface area contributed by atoms with Crippen molar-refractivity contribution in [2.75, 3.05) is 25.9 Å². The molecule has 2 aromatic heterocycles. The van der Waals surface area contributed by atoms with Crippen molar-refractivity contribution >= 4 is 33.0 Å². The van der Waals surface area contributed by atoms with Crippen LogP contribution in [-0.4, -0.2) is 39.6 Å². The fourth-order valence-electron chi connectivity index (χ4n) is 2.89. The maximum absolute atomic E-state index is 6.03. The van der Waals surface area contributed by atoms with E-state index in [1.807, 2.05) is 10.6 Å². The van der Waals surface area contributed by atoms with Crippen LogP contribution in [0.15, 0.2) is 16.7 Å². The molecule has 1 aliphatic rings. The van der Waals surface area contributed by atoms with Crippen molar-refractivity contribution in [1.82, 2.24) is 19.4 Å². The zero-order valence-corrected chi connectivity index (χ0v) is 13.3. The van der Waals surface area contributed by atoms with E-state index >= 15 is 0 Å². The van der Waals surface area contributed by atoms with Gasteiger partial charge >= 0.3 is 0 Å². The number of fused-ring (bicyclic) bond motifs is 1. The predicted molar refractivity (Wildman–Crippen MR) is 84.5 cm³/mol. The van der Waals surface area contributed by atoms with Gasteiger partial charge in [0.05, 0.1) is 0 Å². The quantitative estimate of drug-likeness (QED) is 0.934. The Morgan fingerprint density at radius 3 is 2.90 bits per heavy atom. The van der Waals surface area contributed by atoms with Crippen molar-refractivity contribution in [2.24, 2.45) is 5.92 Å². The zero-order valence-electron chi connectivity index (χ0n) is 11.7. The van der Waals surface area contributed by atoms with Gasteiger partial charge in [0.15, 0.2) is 5.65 Å². The first kappa shape index (κ1) is 13.8. The van der Waals surface area contributed by atoms with E-state index < -0.39 is 0 Å². The van der Waals surface area contributed by atoms with Gasteiger partial charge in [-0.2, -0.15) is 0 Å². The van der Waals surface area contributed by atoms with Crippen molar-refractivity contribution in [3.05, 3.63) is 16.7 Å². The van der Waals surface area contributed by atoms with E-state index in [1.165, 1.54) is 25.9 Å². The molecule has 3 heterocycles. The van der Waals surface area contributed by atoms with Gasteiger partial charge in [-0.25, -0.2) is 9.97 Å². The van der Waals surface area contributed by atoms with Crippen LogP contribution in [-0.2, 0) is 6.54 Å². The fourth-order valence-corrected chi connectivity index (χ4v) is 3.21. The van der Waals surface area contributed by atoms with Crippen LogP contribution in [0.2, 0.25) is 0 Å². The molecular weight excluding hydrogens is 318 g/mol. The molecule has 6 heteroatoms. The number of nitrogen functional groups attached to an aromatic ring is 1. The van der Waals surface area contributed by atoms with Gasteiger partial charge in [-0.1, -0.05) is 0 Å². The summed E-state index contributed by atoms with van der Waals surface area (Å²) in [6.45, 7) is 3.32. The van der Waals surface area contributed by atoms with Crippen LogP contribution >= 0.6 is 15.9 Å². The number of rotatable bonds is 3. The number of likely N-dealkylation sites (tertiary alicyclic amines) is 1. The highest BCUT2D eigenvalue weighted by Crippen LogP contribution is 2.24. The first-order chi connectivity index (χ1) is 9.63. The summed E-state index contributed by atoms with van der Waals surface area (Å²) in [5.74, 6) is 1.36. The minimum Gasteiger partial charge on any atom is -0.369 e. The van der Waals surface area contributed by atoms with Crippen molar-refractivity contribution in [3.8, 4) is 0 Å². The topological polar surface area (TPSA) is 60.0 Å². The Morgan fingerprint density at radius 2 is 2.15 bits per heavy atom. The van der Waals surface area contributed by atoms with Gasteiger partial charge in [0.1, 0.15) is 5.52 Å². The normalized spacial score (nSPS) is 17.9. The van der Waals surface area contributed by atoms with E-state index in [2.05, 4.69) is 37.8 Å². The summed E-state index contributed by atoms with van der Waals surface area (Å²) in [7, 11) is 2.19. The van der Waals surface area contributed by atoms with Crippen LogP contribution in [0.4, 0.5) is 5.95 Å². The monoisotopic (exact) mass is 337 g/mol. The van der Waals surface area contributed by atoms with Crippen LogP contribution in [0, 0.1) is 5.92 Å². The zero-order chi connectivity index (χ0) is 14.1. The van der Waals surface area contributed by atoms with Gasteiger partial charge in [0.25, 0.3) is 0 Å². The highest BCUT2D eigenvalue weighted by atomic mass is 79.9. The lowest BCUT2D eigenvalue weighted by Gasteiger charge is -2.29. The van der Waals surface area contributed by atoms with E-state index in [9.17, 15) is 0 Å². The summed E-state index contributed by atoms with van der Waals surface area (Å²) in [6, 6.07) is 1.96. The Bertz CT molecular complexity index is 601. The number of hydrogen-bond donors (Lipinski definition) is 1. The number of imidazole rings is 1. The number of nitrogens with two attached hydrogens (primary N) is 1. The molecule has 2 N–H and O–H groups in total. The first-order valence-corrected chi connectivity index (χ1v) is 7.88. The summed E-state index contributed by atoms with van der Waals surface area (Å²) < 4.78 is 2.98. The molecule has 3 rings (SSSR count). The Morgan fingerprint density at radius 1 is 1.40 bits per heavy atom. The number of nitrogens with zero attached hydrogens (tertiary/aromatic N) is 4. The van der Waals surface area contributed by atoms with Crippen LogP contribution in [0.25, 0.3) is 11.2 Å². The SMILES string of the molecule is CN1CCC(CCn2c(N)nc3cc(Br)cnc32)CC1. The second-order valence-electron chi connectivity index (χ2n) is 5.65. The largest absolute Gasteiger partial charge is 0.369 e. The van der Waals surface area contributed by atoms with Crippen LogP contribution in [0.5, 0.6) is 0 Å². The molecule has 1 fully saturated rings. The van der Waals surface area contributed by atoms with E-state index in [0.717, 1.165) is 34.5 Å². The second kappa shape index (κ2) is 5.69. The summed E-state index contributed by atoms with van der Waals surface area (Å²) >= 11 is 3.42. The molecule has 0 bridgehead atoms. The van der Waals surface area contributed by atoms with Gasteiger partial charge < -0.3 is 10.6 Å². The summed E-state index contributed by atoms with van der Waals surface area (Å²) in [6.07, 6.45) is 5.51. The average Bonchev–Trinajstić information content (AvgIpc) is 2.73. The van der Waals surface area contributed by atoms with E-state index in [-0.39, 0.29) is 0 Å². The van der Waals surface area contributed by atoms with Gasteiger partial charge in [-0.15, -0.1) is 0 Å². The average molecular weight is 338 g/mol.